The van der Waals surface area contributed by atoms with Crippen molar-refractivity contribution in [1.29, 1.82) is 0 Å². The lowest BCUT2D eigenvalue weighted by atomic mass is 10.5. The number of rotatable bonds is 5. The van der Waals surface area contributed by atoms with E-state index in [1.165, 1.54) is 15.6 Å². The molecule has 0 bridgehead atoms. The van der Waals surface area contributed by atoms with Crippen LogP contribution >= 0.6 is 27.3 Å². The van der Waals surface area contributed by atoms with Gasteiger partial charge in [0.15, 0.2) is 0 Å². The molecule has 1 heterocycles. The van der Waals surface area contributed by atoms with Crippen molar-refractivity contribution in [3.05, 3.63) is 14.7 Å². The third kappa shape index (κ3) is 2.73. The van der Waals surface area contributed by atoms with E-state index in [1.807, 2.05) is 7.05 Å². The van der Waals surface area contributed by atoms with Crippen molar-refractivity contribution >= 4 is 37.3 Å². The van der Waals surface area contributed by atoms with Crippen LogP contribution in [0.2, 0.25) is 0 Å². The monoisotopic (exact) mass is 338 g/mol. The molecule has 1 fully saturated rings. The van der Waals surface area contributed by atoms with E-state index < -0.39 is 10.0 Å². The molecule has 0 saturated heterocycles. The molecule has 0 aromatic carbocycles. The van der Waals surface area contributed by atoms with Crippen LogP contribution in [0.25, 0.3) is 0 Å². The highest BCUT2D eigenvalue weighted by molar-refractivity contribution is 9.11. The molecule has 1 N–H and O–H groups in total. The molecule has 0 atom stereocenters. The molecule has 1 aromatic rings. The van der Waals surface area contributed by atoms with E-state index in [9.17, 15) is 8.42 Å². The van der Waals surface area contributed by atoms with Crippen LogP contribution < -0.4 is 5.32 Å². The highest BCUT2D eigenvalue weighted by Crippen LogP contribution is 2.36. The number of thiophene rings is 1. The number of nitrogens with one attached hydrogen (secondary N) is 1. The molecule has 1 aliphatic rings. The van der Waals surface area contributed by atoms with Crippen molar-refractivity contribution in [2.75, 3.05) is 14.1 Å². The van der Waals surface area contributed by atoms with Gasteiger partial charge < -0.3 is 5.32 Å². The fourth-order valence-corrected chi connectivity index (χ4v) is 5.68. The van der Waals surface area contributed by atoms with E-state index in [0.29, 0.717) is 15.2 Å². The standard InChI is InChI=1S/C10H15BrN2O2S2/c1-12-6-8-5-9(10(11)16-8)17(14,15)13(2)7-3-4-7/h5,7,12H,3-4,6H2,1-2H3. The maximum absolute atomic E-state index is 12.3. The van der Waals surface area contributed by atoms with Crippen molar-refractivity contribution in [3.63, 3.8) is 0 Å². The van der Waals surface area contributed by atoms with Gasteiger partial charge in [0.25, 0.3) is 0 Å². The van der Waals surface area contributed by atoms with Crippen molar-refractivity contribution in [2.24, 2.45) is 0 Å². The van der Waals surface area contributed by atoms with Gasteiger partial charge in [0, 0.05) is 24.5 Å². The lowest BCUT2D eigenvalue weighted by Crippen LogP contribution is -2.28. The number of sulfonamides is 1. The minimum atomic E-state index is -3.33. The number of halogens is 1. The molecule has 1 aliphatic carbocycles. The Morgan fingerprint density at radius 3 is 2.76 bits per heavy atom. The highest BCUT2D eigenvalue weighted by Gasteiger charge is 2.36. The van der Waals surface area contributed by atoms with Crippen LogP contribution in [0, 0.1) is 0 Å². The summed E-state index contributed by atoms with van der Waals surface area (Å²) in [5, 5.41) is 3.02. The molecular formula is C10H15BrN2O2S2. The first-order valence-corrected chi connectivity index (χ1v) is 8.42. The molecular weight excluding hydrogens is 324 g/mol. The van der Waals surface area contributed by atoms with E-state index >= 15 is 0 Å². The lowest BCUT2D eigenvalue weighted by Gasteiger charge is -2.15. The van der Waals surface area contributed by atoms with Gasteiger partial charge >= 0.3 is 0 Å². The summed E-state index contributed by atoms with van der Waals surface area (Å²) < 4.78 is 26.8. The van der Waals surface area contributed by atoms with Gasteiger partial charge in [0.2, 0.25) is 10.0 Å². The molecule has 0 amide bonds. The second-order valence-electron chi connectivity index (χ2n) is 4.13. The molecule has 17 heavy (non-hydrogen) atoms. The number of hydrogen-bond acceptors (Lipinski definition) is 4. The zero-order valence-corrected chi connectivity index (χ0v) is 13.0. The molecule has 0 spiro atoms. The van der Waals surface area contributed by atoms with E-state index in [1.54, 1.807) is 13.1 Å². The number of hydrogen-bond donors (Lipinski definition) is 1. The van der Waals surface area contributed by atoms with Crippen LogP contribution in [0.5, 0.6) is 0 Å². The van der Waals surface area contributed by atoms with E-state index in [-0.39, 0.29) is 6.04 Å². The van der Waals surface area contributed by atoms with Gasteiger partial charge in [-0.05, 0) is 41.9 Å². The molecule has 1 aromatic heterocycles. The first kappa shape index (κ1) is 13.5. The van der Waals surface area contributed by atoms with Gasteiger partial charge in [-0.3, -0.25) is 0 Å². The lowest BCUT2D eigenvalue weighted by molar-refractivity contribution is 0.464. The van der Waals surface area contributed by atoms with Gasteiger partial charge in [-0.15, -0.1) is 11.3 Å². The Balaban J connectivity index is 2.31. The average Bonchev–Trinajstić information content (AvgIpc) is 3.03. The van der Waals surface area contributed by atoms with Crippen molar-refractivity contribution < 1.29 is 8.42 Å². The summed E-state index contributed by atoms with van der Waals surface area (Å²) in [7, 11) is 0.172. The highest BCUT2D eigenvalue weighted by atomic mass is 79.9. The summed E-state index contributed by atoms with van der Waals surface area (Å²) in [6.45, 7) is 0.686. The summed E-state index contributed by atoms with van der Waals surface area (Å²) in [4.78, 5) is 1.41. The zero-order valence-electron chi connectivity index (χ0n) is 9.73. The van der Waals surface area contributed by atoms with E-state index in [2.05, 4.69) is 21.2 Å². The van der Waals surface area contributed by atoms with Crippen LogP contribution in [-0.4, -0.2) is 32.9 Å². The Bertz CT molecular complexity index is 508. The third-order valence-electron chi connectivity index (χ3n) is 2.78. The molecule has 4 nitrogen and oxygen atoms in total. The van der Waals surface area contributed by atoms with Crippen LogP contribution in [0.1, 0.15) is 17.7 Å². The minimum absolute atomic E-state index is 0.194. The summed E-state index contributed by atoms with van der Waals surface area (Å²) >= 11 is 4.81. The normalized spacial score (nSPS) is 16.7. The Morgan fingerprint density at radius 2 is 2.24 bits per heavy atom. The molecule has 0 unspecified atom stereocenters. The predicted molar refractivity (Wildman–Crippen MR) is 72.8 cm³/mol. The van der Waals surface area contributed by atoms with Gasteiger partial charge in [-0.25, -0.2) is 8.42 Å². The Labute approximate surface area is 114 Å². The maximum Gasteiger partial charge on any atom is 0.245 e. The third-order valence-corrected chi connectivity index (χ3v) is 6.94. The second-order valence-corrected chi connectivity index (χ2v) is 8.55. The first-order chi connectivity index (χ1) is 7.96. The molecule has 0 radical (unpaired) electrons. The van der Waals surface area contributed by atoms with Crippen LogP contribution in [0.15, 0.2) is 14.7 Å². The van der Waals surface area contributed by atoms with E-state index in [0.717, 1.165) is 17.7 Å². The fraction of sp³-hybridized carbons (Fsp3) is 0.600. The quantitative estimate of drug-likeness (QED) is 0.893. The van der Waals surface area contributed by atoms with Gasteiger partial charge in [0.1, 0.15) is 4.90 Å². The SMILES string of the molecule is CNCc1cc(S(=O)(=O)N(C)C2CC2)c(Br)s1. The largest absolute Gasteiger partial charge is 0.315 e. The summed E-state index contributed by atoms with van der Waals surface area (Å²) in [6, 6.07) is 1.94. The topological polar surface area (TPSA) is 49.4 Å². The van der Waals surface area contributed by atoms with Crippen LogP contribution in [0.4, 0.5) is 0 Å². The average molecular weight is 339 g/mol. The Kier molecular flexibility index (Phi) is 3.94. The minimum Gasteiger partial charge on any atom is -0.315 e. The van der Waals surface area contributed by atoms with Gasteiger partial charge in [-0.2, -0.15) is 4.31 Å². The molecule has 0 aliphatic heterocycles. The van der Waals surface area contributed by atoms with Crippen molar-refractivity contribution in [3.8, 4) is 0 Å². The molecule has 2 rings (SSSR count). The summed E-state index contributed by atoms with van der Waals surface area (Å²) in [5.41, 5.74) is 0. The zero-order chi connectivity index (χ0) is 12.6. The Morgan fingerprint density at radius 1 is 1.59 bits per heavy atom. The molecule has 1 saturated carbocycles. The fourth-order valence-electron chi connectivity index (χ4n) is 1.62. The van der Waals surface area contributed by atoms with Crippen LogP contribution in [-0.2, 0) is 16.6 Å². The van der Waals surface area contributed by atoms with Crippen LogP contribution in [0.3, 0.4) is 0 Å². The van der Waals surface area contributed by atoms with E-state index in [4.69, 9.17) is 0 Å². The maximum atomic E-state index is 12.3. The smallest absolute Gasteiger partial charge is 0.245 e. The molecule has 7 heteroatoms. The summed E-state index contributed by atoms with van der Waals surface area (Å²) in [5.74, 6) is 0. The summed E-state index contributed by atoms with van der Waals surface area (Å²) in [6.07, 6.45) is 1.95. The van der Waals surface area contributed by atoms with Gasteiger partial charge in [0.05, 0.1) is 3.79 Å². The predicted octanol–water partition coefficient (Wildman–Crippen LogP) is 2.01. The first-order valence-electron chi connectivity index (χ1n) is 5.37. The van der Waals surface area contributed by atoms with Gasteiger partial charge in [-0.1, -0.05) is 0 Å². The van der Waals surface area contributed by atoms with Crippen molar-refractivity contribution in [1.82, 2.24) is 9.62 Å². The number of nitrogens with zero attached hydrogens (tertiary/aromatic N) is 1. The van der Waals surface area contributed by atoms with Crippen molar-refractivity contribution in [2.45, 2.75) is 30.3 Å². The molecule has 96 valence electrons. The second kappa shape index (κ2) is 4.97. The Hall–Kier alpha value is 0.0500.